The van der Waals surface area contributed by atoms with Gasteiger partial charge >= 0.3 is 6.09 Å². The van der Waals surface area contributed by atoms with Crippen LogP contribution in [-0.2, 0) is 15.1 Å². The number of fused-ring (bicyclic) bond motifs is 1. The number of hydrogen-bond donors (Lipinski definition) is 2. The summed E-state index contributed by atoms with van der Waals surface area (Å²) in [6.45, 7) is 9.43. The van der Waals surface area contributed by atoms with E-state index in [0.717, 1.165) is 16.9 Å². The quantitative estimate of drug-likeness (QED) is 0.716. The molecular weight excluding hydrogens is 388 g/mol. The minimum absolute atomic E-state index is 0.144. The molecule has 0 radical (unpaired) electrons. The third-order valence-electron chi connectivity index (χ3n) is 4.69. The number of hydrogen-bond acceptors (Lipinski definition) is 5. The fourth-order valence-electron chi connectivity index (χ4n) is 3.26. The second-order valence-electron chi connectivity index (χ2n) is 8.32. The lowest BCUT2D eigenvalue weighted by Crippen LogP contribution is -2.46. The third-order valence-corrected chi connectivity index (χ3v) is 5.78. The van der Waals surface area contributed by atoms with Gasteiger partial charge in [-0.1, -0.05) is 25.5 Å². The second kappa shape index (κ2) is 8.06. The van der Waals surface area contributed by atoms with Crippen molar-refractivity contribution in [2.75, 3.05) is 5.32 Å². The van der Waals surface area contributed by atoms with E-state index in [1.54, 1.807) is 11.3 Å². The molecule has 1 aliphatic heterocycles. The number of anilines is 1. The lowest BCUT2D eigenvalue weighted by Gasteiger charge is -2.33. The van der Waals surface area contributed by atoms with Gasteiger partial charge in [-0.3, -0.25) is 4.79 Å². The summed E-state index contributed by atoms with van der Waals surface area (Å²) in [4.78, 5) is 25.9. The smallest absolute Gasteiger partial charge is 0.408 e. The fourth-order valence-corrected chi connectivity index (χ4v) is 4.13. The monoisotopic (exact) mass is 416 g/mol. The molecule has 0 aliphatic carbocycles. The zero-order valence-electron chi connectivity index (χ0n) is 17.5. The van der Waals surface area contributed by atoms with Crippen LogP contribution in [-0.4, -0.2) is 23.7 Å². The molecule has 29 heavy (non-hydrogen) atoms. The van der Waals surface area contributed by atoms with Crippen LogP contribution >= 0.6 is 11.3 Å². The maximum Gasteiger partial charge on any atom is 0.408 e. The van der Waals surface area contributed by atoms with Gasteiger partial charge in [0.2, 0.25) is 0 Å². The van der Waals surface area contributed by atoms with Crippen molar-refractivity contribution in [2.24, 2.45) is 0 Å². The normalized spacial score (nSPS) is 18.1. The first-order valence-corrected chi connectivity index (χ1v) is 10.7. The molecule has 0 saturated carbocycles. The number of thiophene rings is 1. The molecule has 2 unspecified atom stereocenters. The van der Waals surface area contributed by atoms with Gasteiger partial charge in [-0.2, -0.15) is 0 Å². The summed E-state index contributed by atoms with van der Waals surface area (Å²) >= 11 is 1.54. The van der Waals surface area contributed by atoms with Crippen molar-refractivity contribution in [3.05, 3.63) is 46.2 Å². The summed E-state index contributed by atoms with van der Waals surface area (Å²) in [7, 11) is 0. The summed E-state index contributed by atoms with van der Waals surface area (Å²) in [6.07, 6.45) is 0.554. The average molecular weight is 417 g/mol. The van der Waals surface area contributed by atoms with E-state index in [4.69, 9.17) is 9.47 Å². The summed E-state index contributed by atoms with van der Waals surface area (Å²) < 4.78 is 11.4. The Hall–Kier alpha value is -2.54. The van der Waals surface area contributed by atoms with Gasteiger partial charge in [0.1, 0.15) is 16.9 Å². The predicted octanol–water partition coefficient (Wildman–Crippen LogP) is 5.04. The Morgan fingerprint density at radius 1 is 1.28 bits per heavy atom. The van der Waals surface area contributed by atoms with E-state index in [1.165, 1.54) is 0 Å². The predicted molar refractivity (Wildman–Crippen MR) is 115 cm³/mol. The molecular formula is C22H28N2O4S. The zero-order chi connectivity index (χ0) is 21.2. The van der Waals surface area contributed by atoms with Crippen LogP contribution in [0.25, 0.3) is 0 Å². The minimum atomic E-state index is -0.823. The van der Waals surface area contributed by atoms with Crippen LogP contribution in [0.15, 0.2) is 35.7 Å². The van der Waals surface area contributed by atoms with E-state index < -0.39 is 23.3 Å². The number of alkyl carbamates (subject to hydrolysis) is 1. The molecule has 2 aromatic rings. The van der Waals surface area contributed by atoms with Crippen LogP contribution in [0.4, 0.5) is 10.5 Å². The maximum atomic E-state index is 12.6. The molecule has 7 heteroatoms. The second-order valence-corrected chi connectivity index (χ2v) is 9.27. The minimum Gasteiger partial charge on any atom is -0.478 e. The molecule has 1 aromatic heterocycles. The number of nitrogens with one attached hydrogen (secondary N) is 2. The molecule has 2 heterocycles. The molecule has 3 rings (SSSR count). The molecule has 0 spiro atoms. The number of amides is 2. The van der Waals surface area contributed by atoms with E-state index in [-0.39, 0.29) is 5.91 Å². The first-order valence-electron chi connectivity index (χ1n) is 9.79. The van der Waals surface area contributed by atoms with Crippen molar-refractivity contribution >= 4 is 29.0 Å². The van der Waals surface area contributed by atoms with Gasteiger partial charge in [-0.25, -0.2) is 4.79 Å². The van der Waals surface area contributed by atoms with Crippen LogP contribution in [0.3, 0.4) is 0 Å². The molecule has 0 fully saturated rings. The van der Waals surface area contributed by atoms with Gasteiger partial charge in [0.05, 0.1) is 5.69 Å². The number of ether oxygens (including phenoxy) is 2. The van der Waals surface area contributed by atoms with Gasteiger partial charge in [-0.15, -0.1) is 11.3 Å². The van der Waals surface area contributed by atoms with E-state index in [0.29, 0.717) is 17.9 Å². The SMILES string of the molecule is CCCC1Oc2ccc(C(C)(NC(=O)OC(C)(C)C)c3cccs3)cc2NC1=O. The fraction of sp³-hybridized carbons (Fsp3) is 0.455. The third kappa shape index (κ3) is 4.72. The van der Waals surface area contributed by atoms with E-state index in [9.17, 15) is 9.59 Å². The maximum absolute atomic E-state index is 12.6. The highest BCUT2D eigenvalue weighted by molar-refractivity contribution is 7.10. The van der Waals surface area contributed by atoms with E-state index >= 15 is 0 Å². The molecule has 1 aliphatic rings. The topological polar surface area (TPSA) is 76.7 Å². The first kappa shape index (κ1) is 21.2. The Morgan fingerprint density at radius 2 is 2.03 bits per heavy atom. The van der Waals surface area contributed by atoms with Crippen molar-refractivity contribution in [2.45, 2.75) is 64.7 Å². The van der Waals surface area contributed by atoms with Crippen LogP contribution < -0.4 is 15.4 Å². The van der Waals surface area contributed by atoms with Crippen LogP contribution in [0.5, 0.6) is 5.75 Å². The Kier molecular flexibility index (Phi) is 5.89. The molecule has 0 bridgehead atoms. The molecule has 2 atom stereocenters. The Labute approximate surface area is 175 Å². The van der Waals surface area contributed by atoms with Crippen molar-refractivity contribution in [3.8, 4) is 5.75 Å². The average Bonchev–Trinajstić information content (AvgIpc) is 3.15. The number of carbonyl (C=O) groups is 2. The van der Waals surface area contributed by atoms with Crippen LogP contribution in [0.1, 0.15) is 57.9 Å². The van der Waals surface area contributed by atoms with Crippen molar-refractivity contribution in [3.63, 3.8) is 0 Å². The van der Waals surface area contributed by atoms with Gasteiger partial charge in [0.25, 0.3) is 5.91 Å². The van der Waals surface area contributed by atoms with Gasteiger partial charge in [0.15, 0.2) is 6.10 Å². The highest BCUT2D eigenvalue weighted by Crippen LogP contribution is 2.38. The van der Waals surface area contributed by atoms with Crippen molar-refractivity contribution in [1.82, 2.24) is 5.32 Å². The first-order chi connectivity index (χ1) is 13.6. The van der Waals surface area contributed by atoms with Crippen molar-refractivity contribution < 1.29 is 19.1 Å². The van der Waals surface area contributed by atoms with Gasteiger partial charge < -0.3 is 20.1 Å². The molecule has 156 valence electrons. The summed E-state index contributed by atoms with van der Waals surface area (Å²) in [5.41, 5.74) is -0.000780. The van der Waals surface area contributed by atoms with Gasteiger partial charge in [-0.05, 0) is 63.3 Å². The molecule has 2 amide bonds. The molecule has 6 nitrogen and oxygen atoms in total. The number of rotatable bonds is 5. The summed E-state index contributed by atoms with van der Waals surface area (Å²) in [5.74, 6) is 0.493. The summed E-state index contributed by atoms with van der Waals surface area (Å²) in [6, 6.07) is 9.51. The lowest BCUT2D eigenvalue weighted by molar-refractivity contribution is -0.123. The standard InChI is InChI=1S/C22H28N2O4S/c1-6-8-17-19(25)23-15-13-14(10-11-16(15)27-17)22(5,18-9-7-12-29-18)24-20(26)28-21(2,3)4/h7,9-13,17H,6,8H2,1-5H3,(H,23,25)(H,24,26). The largest absolute Gasteiger partial charge is 0.478 e. The Bertz CT molecular complexity index is 889. The van der Waals surface area contributed by atoms with Crippen LogP contribution in [0, 0.1) is 0 Å². The highest BCUT2D eigenvalue weighted by Gasteiger charge is 2.35. The number of carbonyl (C=O) groups excluding carboxylic acids is 2. The highest BCUT2D eigenvalue weighted by atomic mass is 32.1. The van der Waals surface area contributed by atoms with Gasteiger partial charge in [0, 0.05) is 4.88 Å². The van der Waals surface area contributed by atoms with E-state index in [2.05, 4.69) is 10.6 Å². The summed E-state index contributed by atoms with van der Waals surface area (Å²) in [5, 5.41) is 7.91. The lowest BCUT2D eigenvalue weighted by atomic mass is 9.89. The zero-order valence-corrected chi connectivity index (χ0v) is 18.3. The van der Waals surface area contributed by atoms with E-state index in [1.807, 2.05) is 70.3 Å². The molecule has 1 aromatic carbocycles. The molecule has 2 N–H and O–H groups in total. The Morgan fingerprint density at radius 3 is 2.66 bits per heavy atom. The van der Waals surface area contributed by atoms with Crippen LogP contribution in [0.2, 0.25) is 0 Å². The number of benzene rings is 1. The Balaban J connectivity index is 1.95. The molecule has 0 saturated heterocycles. The van der Waals surface area contributed by atoms with Crippen molar-refractivity contribution in [1.29, 1.82) is 0 Å².